The lowest BCUT2D eigenvalue weighted by atomic mass is 10.1. The molecule has 2 aromatic rings. The Labute approximate surface area is 138 Å². The fourth-order valence-corrected chi connectivity index (χ4v) is 2.73. The molecule has 3 rings (SSSR count). The maximum absolute atomic E-state index is 13.9. The van der Waals surface area contributed by atoms with Crippen LogP contribution >= 0.6 is 0 Å². The number of benzene rings is 2. The van der Waals surface area contributed by atoms with Crippen molar-refractivity contribution in [2.75, 3.05) is 19.7 Å². The minimum Gasteiger partial charge on any atom is -0.478 e. The zero-order valence-corrected chi connectivity index (χ0v) is 12.8. The highest BCUT2D eigenvalue weighted by atomic mass is 19.1. The van der Waals surface area contributed by atoms with E-state index in [4.69, 9.17) is 9.84 Å². The van der Waals surface area contributed by atoms with Gasteiger partial charge in [-0.2, -0.15) is 0 Å². The molecule has 1 amide bonds. The summed E-state index contributed by atoms with van der Waals surface area (Å²) in [6.07, 6.45) is -0.536. The molecule has 1 aliphatic heterocycles. The first kappa shape index (κ1) is 16.1. The van der Waals surface area contributed by atoms with Crippen molar-refractivity contribution in [3.63, 3.8) is 0 Å². The zero-order valence-electron chi connectivity index (χ0n) is 12.8. The number of hydrogen-bond donors (Lipinski definition) is 1. The van der Waals surface area contributed by atoms with Crippen LogP contribution in [0.15, 0.2) is 48.5 Å². The Kier molecular flexibility index (Phi) is 4.57. The number of carboxylic acids is 1. The van der Waals surface area contributed by atoms with Gasteiger partial charge in [0.1, 0.15) is 11.9 Å². The SMILES string of the molecule is O=C(O)c1cccc(C(=O)N2CCO[C@@H](c3ccccc3F)C2)c1. The second-order valence-corrected chi connectivity index (χ2v) is 5.52. The molecule has 24 heavy (non-hydrogen) atoms. The van der Waals surface area contributed by atoms with Crippen LogP contribution in [0.4, 0.5) is 4.39 Å². The van der Waals surface area contributed by atoms with E-state index in [1.807, 2.05) is 0 Å². The monoisotopic (exact) mass is 329 g/mol. The van der Waals surface area contributed by atoms with Crippen LogP contribution in [0.25, 0.3) is 0 Å². The average Bonchev–Trinajstić information content (AvgIpc) is 2.61. The molecule has 0 bridgehead atoms. The van der Waals surface area contributed by atoms with E-state index in [2.05, 4.69) is 0 Å². The van der Waals surface area contributed by atoms with E-state index >= 15 is 0 Å². The van der Waals surface area contributed by atoms with E-state index < -0.39 is 12.1 Å². The first-order valence-corrected chi connectivity index (χ1v) is 7.55. The van der Waals surface area contributed by atoms with Crippen LogP contribution in [0.1, 0.15) is 32.4 Å². The number of aromatic carboxylic acids is 1. The summed E-state index contributed by atoms with van der Waals surface area (Å²) in [7, 11) is 0. The molecular formula is C18H16FNO4. The average molecular weight is 329 g/mol. The molecule has 1 heterocycles. The van der Waals surface area contributed by atoms with Gasteiger partial charge in [-0.1, -0.05) is 24.3 Å². The number of carboxylic acid groups (broad SMARTS) is 1. The summed E-state index contributed by atoms with van der Waals surface area (Å²) in [6, 6.07) is 12.2. The van der Waals surface area contributed by atoms with Gasteiger partial charge in [-0.25, -0.2) is 9.18 Å². The fourth-order valence-electron chi connectivity index (χ4n) is 2.73. The van der Waals surface area contributed by atoms with E-state index in [1.165, 1.54) is 24.3 Å². The molecule has 0 saturated carbocycles. The lowest BCUT2D eigenvalue weighted by Gasteiger charge is -2.33. The Morgan fingerprint density at radius 3 is 2.62 bits per heavy atom. The van der Waals surface area contributed by atoms with Crippen molar-refractivity contribution in [2.45, 2.75) is 6.10 Å². The molecule has 1 saturated heterocycles. The fraction of sp³-hybridized carbons (Fsp3) is 0.222. The van der Waals surface area contributed by atoms with Crippen LogP contribution in [0.3, 0.4) is 0 Å². The van der Waals surface area contributed by atoms with Gasteiger partial charge < -0.3 is 14.7 Å². The molecule has 0 aliphatic carbocycles. The molecule has 1 N–H and O–H groups in total. The van der Waals surface area contributed by atoms with Crippen LogP contribution in [-0.4, -0.2) is 41.6 Å². The first-order chi connectivity index (χ1) is 11.6. The van der Waals surface area contributed by atoms with Crippen molar-refractivity contribution in [2.24, 2.45) is 0 Å². The third kappa shape index (κ3) is 3.28. The zero-order chi connectivity index (χ0) is 17.1. The smallest absolute Gasteiger partial charge is 0.335 e. The third-order valence-corrected chi connectivity index (χ3v) is 3.96. The molecular weight excluding hydrogens is 313 g/mol. The third-order valence-electron chi connectivity index (χ3n) is 3.96. The maximum atomic E-state index is 13.9. The molecule has 1 fully saturated rings. The predicted molar refractivity (Wildman–Crippen MR) is 84.4 cm³/mol. The summed E-state index contributed by atoms with van der Waals surface area (Å²) < 4.78 is 19.5. The molecule has 1 aliphatic rings. The number of nitrogens with zero attached hydrogens (tertiary/aromatic N) is 1. The molecule has 0 unspecified atom stereocenters. The second-order valence-electron chi connectivity index (χ2n) is 5.52. The Morgan fingerprint density at radius 2 is 1.88 bits per heavy atom. The molecule has 2 aromatic carbocycles. The Hall–Kier alpha value is -2.73. The molecule has 0 radical (unpaired) electrons. The standard InChI is InChI=1S/C18H16FNO4/c19-15-7-2-1-6-14(15)16-11-20(8-9-24-16)17(21)12-4-3-5-13(10-12)18(22)23/h1-7,10,16H,8-9,11H2,(H,22,23)/t16-/m1/s1. The van der Waals surface area contributed by atoms with Gasteiger partial charge in [0.05, 0.1) is 18.7 Å². The Bertz CT molecular complexity index is 777. The number of carbonyl (C=O) groups excluding carboxylic acids is 1. The number of hydrogen-bond acceptors (Lipinski definition) is 3. The van der Waals surface area contributed by atoms with E-state index in [1.54, 1.807) is 29.2 Å². The van der Waals surface area contributed by atoms with Gasteiger partial charge in [0.25, 0.3) is 5.91 Å². The maximum Gasteiger partial charge on any atom is 0.335 e. The number of ether oxygens (including phenoxy) is 1. The quantitative estimate of drug-likeness (QED) is 0.940. The number of carbonyl (C=O) groups is 2. The van der Waals surface area contributed by atoms with E-state index in [0.29, 0.717) is 24.3 Å². The molecule has 124 valence electrons. The Balaban J connectivity index is 1.79. The van der Waals surface area contributed by atoms with Gasteiger partial charge in [-0.05, 0) is 24.3 Å². The summed E-state index contributed by atoms with van der Waals surface area (Å²) in [4.78, 5) is 25.2. The van der Waals surface area contributed by atoms with E-state index in [0.717, 1.165) is 0 Å². The second kappa shape index (κ2) is 6.80. The van der Waals surface area contributed by atoms with E-state index in [-0.39, 0.29) is 23.8 Å². The minimum absolute atomic E-state index is 0.0553. The van der Waals surface area contributed by atoms with Crippen molar-refractivity contribution in [1.82, 2.24) is 4.90 Å². The van der Waals surface area contributed by atoms with Crippen molar-refractivity contribution in [3.8, 4) is 0 Å². The minimum atomic E-state index is -1.09. The van der Waals surface area contributed by atoms with Gasteiger partial charge in [0, 0.05) is 17.7 Å². The molecule has 6 heteroatoms. The lowest BCUT2D eigenvalue weighted by Crippen LogP contribution is -2.42. The predicted octanol–water partition coefficient (Wildman–Crippen LogP) is 2.74. The number of halogens is 1. The van der Waals surface area contributed by atoms with Crippen molar-refractivity contribution >= 4 is 11.9 Å². The summed E-state index contributed by atoms with van der Waals surface area (Å²) >= 11 is 0. The summed E-state index contributed by atoms with van der Waals surface area (Å²) in [6.45, 7) is 0.890. The number of amides is 1. The topological polar surface area (TPSA) is 66.8 Å². The van der Waals surface area contributed by atoms with Gasteiger partial charge in [-0.3, -0.25) is 4.79 Å². The number of morpholine rings is 1. The highest BCUT2D eigenvalue weighted by Gasteiger charge is 2.27. The first-order valence-electron chi connectivity index (χ1n) is 7.55. The normalized spacial score (nSPS) is 17.5. The van der Waals surface area contributed by atoms with Crippen LogP contribution in [0.5, 0.6) is 0 Å². The highest BCUT2D eigenvalue weighted by molar-refractivity contribution is 5.97. The molecule has 0 spiro atoms. The lowest BCUT2D eigenvalue weighted by molar-refractivity contribution is -0.0243. The molecule has 0 aromatic heterocycles. The highest BCUT2D eigenvalue weighted by Crippen LogP contribution is 2.25. The van der Waals surface area contributed by atoms with Crippen molar-refractivity contribution < 1.29 is 23.8 Å². The largest absolute Gasteiger partial charge is 0.478 e. The van der Waals surface area contributed by atoms with Gasteiger partial charge >= 0.3 is 5.97 Å². The van der Waals surface area contributed by atoms with Gasteiger partial charge in [-0.15, -0.1) is 0 Å². The van der Waals surface area contributed by atoms with Crippen LogP contribution in [-0.2, 0) is 4.74 Å². The Morgan fingerprint density at radius 1 is 1.12 bits per heavy atom. The van der Waals surface area contributed by atoms with Crippen LogP contribution in [0.2, 0.25) is 0 Å². The van der Waals surface area contributed by atoms with Crippen molar-refractivity contribution in [1.29, 1.82) is 0 Å². The molecule has 5 nitrogen and oxygen atoms in total. The summed E-state index contributed by atoms with van der Waals surface area (Å²) in [5.41, 5.74) is 0.762. The van der Waals surface area contributed by atoms with Crippen molar-refractivity contribution in [3.05, 3.63) is 71.0 Å². The van der Waals surface area contributed by atoms with Crippen LogP contribution in [0, 0.1) is 5.82 Å². The van der Waals surface area contributed by atoms with Gasteiger partial charge in [0.2, 0.25) is 0 Å². The summed E-state index contributed by atoms with van der Waals surface area (Å²) in [5.74, 6) is -1.75. The van der Waals surface area contributed by atoms with E-state index in [9.17, 15) is 14.0 Å². The number of rotatable bonds is 3. The molecule has 1 atom stereocenters. The van der Waals surface area contributed by atoms with Crippen LogP contribution < -0.4 is 0 Å². The summed E-state index contributed by atoms with van der Waals surface area (Å²) in [5, 5.41) is 9.04. The van der Waals surface area contributed by atoms with Gasteiger partial charge in [0.15, 0.2) is 0 Å².